The highest BCUT2D eigenvalue weighted by atomic mass is 16.5. The maximum atomic E-state index is 12.3. The quantitative estimate of drug-likeness (QED) is 0.802. The molecule has 0 aliphatic carbocycles. The molecule has 0 amide bonds. The van der Waals surface area contributed by atoms with Gasteiger partial charge in [-0.1, -0.05) is 0 Å². The molecule has 110 valence electrons. The van der Waals surface area contributed by atoms with Crippen LogP contribution in [0.15, 0.2) is 35.6 Å². The van der Waals surface area contributed by atoms with E-state index < -0.39 is 5.97 Å². The summed E-state index contributed by atoms with van der Waals surface area (Å²) in [5, 5.41) is 0. The van der Waals surface area contributed by atoms with Gasteiger partial charge in [0.05, 0.1) is 32.0 Å². The molecule has 1 N–H and O–H groups in total. The van der Waals surface area contributed by atoms with Crippen molar-refractivity contribution in [2.24, 2.45) is 0 Å². The van der Waals surface area contributed by atoms with Crippen molar-refractivity contribution in [2.75, 3.05) is 12.5 Å². The minimum absolute atomic E-state index is 0.0468. The monoisotopic (exact) mass is 288 g/mol. The molecule has 2 aromatic rings. The average molecular weight is 288 g/mol. The van der Waals surface area contributed by atoms with E-state index >= 15 is 0 Å². The Morgan fingerprint density at radius 3 is 2.90 bits per heavy atom. The van der Waals surface area contributed by atoms with Gasteiger partial charge in [0.15, 0.2) is 0 Å². The van der Waals surface area contributed by atoms with E-state index in [1.165, 1.54) is 11.8 Å². The molecule has 2 heterocycles. The Kier molecular flexibility index (Phi) is 4.65. The predicted molar refractivity (Wildman–Crippen MR) is 76.3 cm³/mol. The van der Waals surface area contributed by atoms with Crippen LogP contribution in [0.2, 0.25) is 0 Å². The van der Waals surface area contributed by atoms with Crippen LogP contribution in [-0.2, 0) is 22.5 Å². The van der Waals surface area contributed by atoms with E-state index in [0.717, 1.165) is 5.56 Å². The van der Waals surface area contributed by atoms with Crippen LogP contribution in [0.1, 0.15) is 16.8 Å². The lowest BCUT2D eigenvalue weighted by atomic mass is 10.1. The highest BCUT2D eigenvalue weighted by Gasteiger charge is 2.12. The third-order valence-electron chi connectivity index (χ3n) is 3.02. The molecule has 0 bridgehead atoms. The number of rotatable bonds is 5. The second kappa shape index (κ2) is 6.65. The van der Waals surface area contributed by atoms with Gasteiger partial charge in [-0.2, -0.15) is 0 Å². The summed E-state index contributed by atoms with van der Waals surface area (Å²) < 4.78 is 5.94. The van der Waals surface area contributed by atoms with Gasteiger partial charge >= 0.3 is 5.97 Å². The molecule has 0 spiro atoms. The van der Waals surface area contributed by atoms with Gasteiger partial charge in [0.1, 0.15) is 0 Å². The minimum atomic E-state index is -0.443. The van der Waals surface area contributed by atoms with Gasteiger partial charge in [-0.15, -0.1) is 0 Å². The molecular formula is C14H16N4O3. The minimum Gasteiger partial charge on any atom is -0.469 e. The molecule has 0 aliphatic rings. The first kappa shape index (κ1) is 14.7. The van der Waals surface area contributed by atoms with Gasteiger partial charge in [-0.05, 0) is 18.6 Å². The van der Waals surface area contributed by atoms with Crippen LogP contribution in [0.4, 0.5) is 0 Å². The van der Waals surface area contributed by atoms with Crippen LogP contribution in [0.5, 0.6) is 0 Å². The summed E-state index contributed by atoms with van der Waals surface area (Å²) in [6.45, 7) is 2.14. The lowest BCUT2D eigenvalue weighted by Gasteiger charge is -2.12. The smallest absolute Gasteiger partial charge is 0.310 e. The third kappa shape index (κ3) is 3.65. The Bertz CT molecular complexity index is 682. The Hall–Kier alpha value is -2.70. The Labute approximate surface area is 121 Å². The number of carbonyl (C=O) groups is 1. The van der Waals surface area contributed by atoms with Crippen LogP contribution in [0.25, 0.3) is 0 Å². The lowest BCUT2D eigenvalue weighted by molar-refractivity contribution is -0.139. The van der Waals surface area contributed by atoms with Crippen molar-refractivity contribution < 1.29 is 9.53 Å². The number of pyridine rings is 1. The molecule has 0 saturated heterocycles. The molecular weight excluding hydrogens is 272 g/mol. The average Bonchev–Trinajstić information content (AvgIpc) is 2.51. The number of nitrogens with zero attached hydrogens (tertiary/aromatic N) is 3. The van der Waals surface area contributed by atoms with E-state index in [4.69, 9.17) is 0 Å². The van der Waals surface area contributed by atoms with Crippen molar-refractivity contribution in [3.8, 4) is 0 Å². The second-order valence-corrected chi connectivity index (χ2v) is 4.44. The maximum Gasteiger partial charge on any atom is 0.310 e. The number of methoxy groups -OCH3 is 1. The zero-order valence-corrected chi connectivity index (χ0v) is 11.9. The van der Waals surface area contributed by atoms with Gasteiger partial charge in [-0.25, -0.2) is 4.68 Å². The van der Waals surface area contributed by atoms with E-state index in [0.29, 0.717) is 17.8 Å². The summed E-state index contributed by atoms with van der Waals surface area (Å²) >= 11 is 0. The maximum absolute atomic E-state index is 12.3. The summed E-state index contributed by atoms with van der Waals surface area (Å²) in [6, 6.07) is 1.77. The van der Waals surface area contributed by atoms with E-state index in [1.54, 1.807) is 37.8 Å². The molecule has 7 heteroatoms. The number of esters is 1. The molecule has 2 aromatic heterocycles. The molecule has 0 aromatic carbocycles. The van der Waals surface area contributed by atoms with Crippen molar-refractivity contribution in [2.45, 2.75) is 19.9 Å². The SMILES string of the molecule is COC(=O)Cc1c(C)ccn(NCc2cnccn2)c1=O. The van der Waals surface area contributed by atoms with Crippen LogP contribution in [-0.4, -0.2) is 27.7 Å². The molecule has 0 unspecified atom stereocenters. The van der Waals surface area contributed by atoms with Crippen molar-refractivity contribution in [3.05, 3.63) is 58.0 Å². The van der Waals surface area contributed by atoms with Crippen LogP contribution in [0, 0.1) is 6.92 Å². The number of aromatic nitrogens is 3. The number of ether oxygens (including phenoxy) is 1. The number of carbonyl (C=O) groups excluding carboxylic acids is 1. The van der Waals surface area contributed by atoms with E-state index in [-0.39, 0.29) is 12.0 Å². The Morgan fingerprint density at radius 1 is 1.43 bits per heavy atom. The first-order valence-electron chi connectivity index (χ1n) is 6.38. The molecule has 0 atom stereocenters. The second-order valence-electron chi connectivity index (χ2n) is 4.44. The van der Waals surface area contributed by atoms with E-state index in [9.17, 15) is 9.59 Å². The number of aryl methyl sites for hydroxylation is 1. The van der Waals surface area contributed by atoms with Crippen molar-refractivity contribution in [1.29, 1.82) is 0 Å². The van der Waals surface area contributed by atoms with Gasteiger partial charge in [0.2, 0.25) is 0 Å². The topological polar surface area (TPSA) is 86.1 Å². The molecule has 21 heavy (non-hydrogen) atoms. The first-order valence-corrected chi connectivity index (χ1v) is 6.38. The third-order valence-corrected chi connectivity index (χ3v) is 3.02. The highest BCUT2D eigenvalue weighted by Crippen LogP contribution is 2.03. The fourth-order valence-electron chi connectivity index (χ4n) is 1.81. The summed E-state index contributed by atoms with van der Waals surface area (Å²) in [5.41, 5.74) is 4.54. The summed E-state index contributed by atoms with van der Waals surface area (Å²) in [4.78, 5) is 31.7. The summed E-state index contributed by atoms with van der Waals surface area (Å²) in [7, 11) is 1.30. The largest absolute Gasteiger partial charge is 0.469 e. The van der Waals surface area contributed by atoms with Gasteiger partial charge < -0.3 is 10.2 Å². The predicted octanol–water partition coefficient (Wildman–Crippen LogP) is 0.406. The zero-order chi connectivity index (χ0) is 15.2. The summed E-state index contributed by atoms with van der Waals surface area (Å²) in [5.74, 6) is -0.443. The van der Waals surface area contributed by atoms with Crippen molar-refractivity contribution >= 4 is 5.97 Å². The Balaban J connectivity index is 2.19. The van der Waals surface area contributed by atoms with Gasteiger partial charge in [-0.3, -0.25) is 19.6 Å². The first-order chi connectivity index (χ1) is 10.1. The summed E-state index contributed by atoms with van der Waals surface area (Å²) in [6.07, 6.45) is 6.35. The standard InChI is InChI=1S/C14H16N4O3/c1-10-3-6-18(14(20)12(10)7-13(19)21-2)17-9-11-8-15-4-5-16-11/h3-6,8,17H,7,9H2,1-2H3. The normalized spacial score (nSPS) is 10.2. The highest BCUT2D eigenvalue weighted by molar-refractivity contribution is 5.72. The van der Waals surface area contributed by atoms with Crippen molar-refractivity contribution in [1.82, 2.24) is 14.6 Å². The van der Waals surface area contributed by atoms with Crippen LogP contribution >= 0.6 is 0 Å². The molecule has 7 nitrogen and oxygen atoms in total. The van der Waals surface area contributed by atoms with Crippen molar-refractivity contribution in [3.63, 3.8) is 0 Å². The Morgan fingerprint density at radius 2 is 2.24 bits per heavy atom. The van der Waals surface area contributed by atoms with E-state index in [2.05, 4.69) is 20.1 Å². The number of nitrogens with one attached hydrogen (secondary N) is 1. The van der Waals surface area contributed by atoms with Crippen LogP contribution < -0.4 is 11.0 Å². The number of hydrogen-bond acceptors (Lipinski definition) is 6. The molecule has 2 rings (SSSR count). The zero-order valence-electron chi connectivity index (χ0n) is 11.9. The number of hydrogen-bond donors (Lipinski definition) is 1. The van der Waals surface area contributed by atoms with E-state index in [1.807, 2.05) is 0 Å². The van der Waals surface area contributed by atoms with Gasteiger partial charge in [0, 0.05) is 24.2 Å². The van der Waals surface area contributed by atoms with Crippen LogP contribution in [0.3, 0.4) is 0 Å². The fraction of sp³-hybridized carbons (Fsp3) is 0.286. The molecule has 0 aliphatic heterocycles. The molecule has 0 radical (unpaired) electrons. The molecule has 0 fully saturated rings. The lowest BCUT2D eigenvalue weighted by Crippen LogP contribution is -2.32. The fourth-order valence-corrected chi connectivity index (χ4v) is 1.81. The van der Waals surface area contributed by atoms with Gasteiger partial charge in [0.25, 0.3) is 5.56 Å². The molecule has 0 saturated carbocycles.